The molecule has 4 rings (SSSR count). The van der Waals surface area contributed by atoms with Crippen molar-refractivity contribution in [3.05, 3.63) is 95.1 Å². The van der Waals surface area contributed by atoms with Crippen LogP contribution in [0.2, 0.25) is 5.54 Å². The smallest absolute Gasteiger partial charge is 0.159 e. The molecule has 3 nitrogen and oxygen atoms in total. The molecule has 0 spiro atoms. The second kappa shape index (κ2) is 10.3. The number of anilines is 3. The largest absolute Gasteiger partial charge is 0.378 e. The van der Waals surface area contributed by atoms with E-state index in [4.69, 9.17) is 0 Å². The van der Waals surface area contributed by atoms with Gasteiger partial charge in [-0.3, -0.25) is 0 Å². The van der Waals surface area contributed by atoms with Crippen molar-refractivity contribution in [3.8, 4) is 0 Å². The lowest BCUT2D eigenvalue weighted by Gasteiger charge is -2.42. The van der Waals surface area contributed by atoms with Crippen molar-refractivity contribution >= 4 is 40.7 Å². The summed E-state index contributed by atoms with van der Waals surface area (Å²) in [7, 11) is 10.2. The van der Waals surface area contributed by atoms with E-state index in [0.717, 1.165) is 0 Å². The summed E-state index contributed by atoms with van der Waals surface area (Å²) in [4.78, 5) is 6.68. The van der Waals surface area contributed by atoms with Crippen LogP contribution in [0.15, 0.2) is 95.1 Å². The molecule has 37 heavy (non-hydrogen) atoms. The lowest BCUT2D eigenvalue weighted by Crippen LogP contribution is -2.70. The Morgan fingerprint density at radius 3 is 1.05 bits per heavy atom. The van der Waals surface area contributed by atoms with Gasteiger partial charge in [0.2, 0.25) is 0 Å². The lowest BCUT2D eigenvalue weighted by molar-refractivity contribution is 1.09. The minimum absolute atomic E-state index is 0.347. The minimum Gasteiger partial charge on any atom is -0.378 e. The Labute approximate surface area is 225 Å². The van der Waals surface area contributed by atoms with Gasteiger partial charge in [0.25, 0.3) is 0 Å². The monoisotopic (exact) mass is 509 g/mol. The van der Waals surface area contributed by atoms with Crippen molar-refractivity contribution < 1.29 is 0 Å². The van der Waals surface area contributed by atoms with Gasteiger partial charge in [-0.2, -0.15) is 0 Å². The zero-order valence-corrected chi connectivity index (χ0v) is 25.3. The van der Waals surface area contributed by atoms with Crippen LogP contribution in [0.5, 0.6) is 0 Å². The van der Waals surface area contributed by atoms with Gasteiger partial charge in [0.1, 0.15) is 0 Å². The summed E-state index contributed by atoms with van der Waals surface area (Å²) in [6.45, 7) is 9.39. The highest BCUT2D eigenvalue weighted by molar-refractivity contribution is 7.13. The Bertz CT molecular complexity index is 1210. The first-order valence-corrected chi connectivity index (χ1v) is 15.3. The molecule has 1 aliphatic rings. The molecule has 3 aromatic rings. The molecule has 0 amide bonds. The van der Waals surface area contributed by atoms with Gasteiger partial charge in [-0.25, -0.2) is 0 Å². The normalized spacial score (nSPS) is 14.4. The molecule has 0 aliphatic heterocycles. The summed E-state index contributed by atoms with van der Waals surface area (Å²) in [6.07, 6.45) is 0. The van der Waals surface area contributed by atoms with Crippen LogP contribution < -0.4 is 30.3 Å². The third-order valence-electron chi connectivity index (χ3n) is 8.50. The van der Waals surface area contributed by atoms with E-state index in [1.807, 2.05) is 0 Å². The molecule has 0 saturated carbocycles. The SMILES string of the molecule is CC1=C(C)C([Si](c2cccc(N(C)C)c2)(c2cccc(N(C)C)c2)c2cccc(N(C)C)c2)C(C)=C1C. The highest BCUT2D eigenvalue weighted by atomic mass is 28.3. The van der Waals surface area contributed by atoms with Gasteiger partial charge in [-0.05, 0) is 90.8 Å². The zero-order chi connectivity index (χ0) is 27.1. The van der Waals surface area contributed by atoms with E-state index in [1.165, 1.54) is 54.9 Å². The van der Waals surface area contributed by atoms with Crippen LogP contribution in [0, 0.1) is 0 Å². The summed E-state index contributed by atoms with van der Waals surface area (Å²) < 4.78 is 0. The molecule has 0 N–H and O–H groups in total. The van der Waals surface area contributed by atoms with Crippen molar-refractivity contribution in [1.29, 1.82) is 0 Å². The molecule has 0 aromatic heterocycles. The molecule has 0 unspecified atom stereocenters. The number of hydrogen-bond donors (Lipinski definition) is 0. The second-order valence-corrected chi connectivity index (χ2v) is 15.1. The first kappa shape index (κ1) is 26.8. The Morgan fingerprint density at radius 1 is 0.486 bits per heavy atom. The Balaban J connectivity index is 2.22. The number of hydrogen-bond acceptors (Lipinski definition) is 3. The van der Waals surface area contributed by atoms with Crippen molar-refractivity contribution in [2.45, 2.75) is 33.2 Å². The minimum atomic E-state index is -2.63. The summed E-state index contributed by atoms with van der Waals surface area (Å²) in [6, 6.07) is 28.0. The molecule has 0 saturated heterocycles. The number of benzene rings is 3. The summed E-state index contributed by atoms with van der Waals surface area (Å²) in [5.41, 5.74) is 10.0. The highest BCUT2D eigenvalue weighted by Gasteiger charge is 2.50. The van der Waals surface area contributed by atoms with Crippen LogP contribution in [0.4, 0.5) is 17.1 Å². The molecule has 0 radical (unpaired) electrons. The molecular weight excluding hydrogens is 466 g/mol. The molecule has 1 aliphatic carbocycles. The van der Waals surface area contributed by atoms with Gasteiger partial charge in [-0.1, -0.05) is 47.5 Å². The van der Waals surface area contributed by atoms with Crippen LogP contribution in [0.25, 0.3) is 0 Å². The first-order chi connectivity index (χ1) is 17.5. The van der Waals surface area contributed by atoms with Gasteiger partial charge in [0.15, 0.2) is 8.07 Å². The van der Waals surface area contributed by atoms with Crippen molar-refractivity contribution in [1.82, 2.24) is 0 Å². The highest BCUT2D eigenvalue weighted by Crippen LogP contribution is 2.46. The van der Waals surface area contributed by atoms with Crippen molar-refractivity contribution in [2.24, 2.45) is 0 Å². The molecule has 4 heteroatoms. The van der Waals surface area contributed by atoms with Crippen molar-refractivity contribution in [3.63, 3.8) is 0 Å². The third-order valence-corrected chi connectivity index (χ3v) is 13.9. The lowest BCUT2D eigenvalue weighted by atomic mass is 10.1. The standard InChI is InChI=1S/C33H43N3Si/c1-23-24(2)26(4)33(25(23)3)37(30-17-11-14-27(20-30)34(5)6,31-18-12-15-28(21-31)35(7)8)32-19-13-16-29(22-32)36(9)10/h11-22,33H,1-10H3. The van der Waals surface area contributed by atoms with E-state index in [9.17, 15) is 0 Å². The maximum Gasteiger partial charge on any atom is 0.159 e. The molecule has 0 heterocycles. The first-order valence-electron chi connectivity index (χ1n) is 13.2. The molecule has 3 aromatic carbocycles. The predicted molar refractivity (Wildman–Crippen MR) is 167 cm³/mol. The fraction of sp³-hybridized carbons (Fsp3) is 0.333. The zero-order valence-electron chi connectivity index (χ0n) is 24.3. The quantitative estimate of drug-likeness (QED) is 0.311. The van der Waals surface area contributed by atoms with Gasteiger partial charge in [0.05, 0.1) is 0 Å². The maximum atomic E-state index is 2.46. The molecule has 0 fully saturated rings. The van der Waals surface area contributed by atoms with E-state index in [2.05, 4.69) is 157 Å². The van der Waals surface area contributed by atoms with Gasteiger partial charge in [-0.15, -0.1) is 0 Å². The van der Waals surface area contributed by atoms with Crippen LogP contribution >= 0.6 is 0 Å². The average Bonchev–Trinajstić information content (AvgIpc) is 3.08. The van der Waals surface area contributed by atoms with Gasteiger partial charge in [0, 0.05) is 64.9 Å². The molecule has 0 atom stereocenters. The fourth-order valence-corrected chi connectivity index (χ4v) is 12.0. The third kappa shape index (κ3) is 4.52. The topological polar surface area (TPSA) is 9.72 Å². The molecular formula is C33H43N3Si. The maximum absolute atomic E-state index is 2.63. The van der Waals surface area contributed by atoms with E-state index in [-0.39, 0.29) is 0 Å². The molecule has 194 valence electrons. The van der Waals surface area contributed by atoms with Crippen molar-refractivity contribution in [2.75, 3.05) is 57.0 Å². The van der Waals surface area contributed by atoms with E-state index >= 15 is 0 Å². The van der Waals surface area contributed by atoms with Gasteiger partial charge < -0.3 is 14.7 Å². The van der Waals surface area contributed by atoms with E-state index < -0.39 is 8.07 Å². The Hall–Kier alpha value is -3.24. The number of nitrogens with zero attached hydrogens (tertiary/aromatic N) is 3. The van der Waals surface area contributed by atoms with E-state index in [1.54, 1.807) is 0 Å². The van der Waals surface area contributed by atoms with Crippen LogP contribution in [0.1, 0.15) is 27.7 Å². The predicted octanol–water partition coefficient (Wildman–Crippen LogP) is 5.41. The Morgan fingerprint density at radius 2 is 0.784 bits per heavy atom. The summed E-state index contributed by atoms with van der Waals surface area (Å²) in [5, 5.41) is 4.37. The number of rotatable bonds is 7. The fourth-order valence-electron chi connectivity index (χ4n) is 6.09. The average molecular weight is 510 g/mol. The van der Waals surface area contributed by atoms with Crippen LogP contribution in [-0.2, 0) is 0 Å². The summed E-state index contributed by atoms with van der Waals surface area (Å²) >= 11 is 0. The summed E-state index contributed by atoms with van der Waals surface area (Å²) in [5.74, 6) is 0. The number of allylic oxidation sites excluding steroid dienone is 4. The molecule has 0 bridgehead atoms. The van der Waals surface area contributed by atoms with Gasteiger partial charge >= 0.3 is 0 Å². The van der Waals surface area contributed by atoms with Crippen LogP contribution in [-0.4, -0.2) is 50.4 Å². The van der Waals surface area contributed by atoms with Crippen LogP contribution in [0.3, 0.4) is 0 Å². The van der Waals surface area contributed by atoms with E-state index in [0.29, 0.717) is 5.54 Å². The Kier molecular flexibility index (Phi) is 7.43. The second-order valence-electron chi connectivity index (χ2n) is 11.2.